The van der Waals surface area contributed by atoms with Crippen molar-refractivity contribution in [3.05, 3.63) is 112 Å². The Morgan fingerprint density at radius 1 is 0.900 bits per heavy atom. The lowest BCUT2D eigenvalue weighted by atomic mass is 10.1. The summed E-state index contributed by atoms with van der Waals surface area (Å²) >= 11 is 9.63. The zero-order valence-corrected chi connectivity index (χ0v) is 18.7. The summed E-state index contributed by atoms with van der Waals surface area (Å²) in [7, 11) is 0. The summed E-state index contributed by atoms with van der Waals surface area (Å²) in [6.45, 7) is 0.411. The third-order valence-electron chi connectivity index (χ3n) is 4.87. The second kappa shape index (κ2) is 9.92. The Morgan fingerprint density at radius 2 is 1.73 bits per heavy atom. The average Bonchev–Trinajstić information content (AvgIpc) is 2.78. The first-order chi connectivity index (χ1) is 14.7. The van der Waals surface area contributed by atoms with E-state index in [2.05, 4.69) is 63.4 Å². The van der Waals surface area contributed by atoms with E-state index in [1.807, 2.05) is 48.5 Å². The minimum absolute atomic E-state index is 0.411. The van der Waals surface area contributed by atoms with Crippen molar-refractivity contribution in [1.82, 2.24) is 4.98 Å². The summed E-state index contributed by atoms with van der Waals surface area (Å²) in [6.07, 6.45) is 5.22. The van der Waals surface area contributed by atoms with Crippen LogP contribution >= 0.6 is 27.5 Å². The van der Waals surface area contributed by atoms with E-state index < -0.39 is 0 Å². The average molecular weight is 479 g/mol. The van der Waals surface area contributed by atoms with E-state index in [9.17, 15) is 0 Å². The molecular weight excluding hydrogens is 458 g/mol. The molecular formula is C26H21BrClNO. The van der Waals surface area contributed by atoms with Gasteiger partial charge in [0.15, 0.2) is 0 Å². The smallest absolute Gasteiger partial charge is 0.130 e. The van der Waals surface area contributed by atoms with E-state index in [4.69, 9.17) is 16.3 Å². The number of allylic oxidation sites excluding steroid dienone is 1. The summed E-state index contributed by atoms with van der Waals surface area (Å²) in [6, 6.07) is 26.3. The normalized spacial score (nSPS) is 11.3. The summed E-state index contributed by atoms with van der Waals surface area (Å²) in [5, 5.41) is 2.62. The van der Waals surface area contributed by atoms with E-state index in [-0.39, 0.29) is 0 Å². The number of aromatic nitrogens is 1. The van der Waals surface area contributed by atoms with Crippen LogP contribution in [0.1, 0.15) is 22.4 Å². The van der Waals surface area contributed by atoms with E-state index in [1.165, 1.54) is 11.1 Å². The van der Waals surface area contributed by atoms with Gasteiger partial charge in [-0.25, -0.2) is 4.98 Å². The van der Waals surface area contributed by atoms with Gasteiger partial charge in [-0.3, -0.25) is 0 Å². The lowest BCUT2D eigenvalue weighted by Gasteiger charge is -2.08. The zero-order valence-electron chi connectivity index (χ0n) is 16.4. The molecule has 30 heavy (non-hydrogen) atoms. The number of alkyl halides is 1. The SMILES string of the molecule is Clc1ccc2ccc(COc3cccc(C=CCc4ccccc4CBr)c3)nc2c1. The van der Waals surface area contributed by atoms with Crippen molar-refractivity contribution in [1.29, 1.82) is 0 Å². The van der Waals surface area contributed by atoms with Gasteiger partial charge >= 0.3 is 0 Å². The molecule has 1 aromatic heterocycles. The van der Waals surface area contributed by atoms with Crippen LogP contribution in [0.25, 0.3) is 17.0 Å². The third-order valence-corrected chi connectivity index (χ3v) is 5.71. The highest BCUT2D eigenvalue weighted by atomic mass is 79.9. The van der Waals surface area contributed by atoms with E-state index in [0.29, 0.717) is 11.6 Å². The molecule has 0 bridgehead atoms. The van der Waals surface area contributed by atoms with E-state index in [1.54, 1.807) is 0 Å². The zero-order chi connectivity index (χ0) is 20.8. The highest BCUT2D eigenvalue weighted by Crippen LogP contribution is 2.20. The fourth-order valence-electron chi connectivity index (χ4n) is 3.29. The molecule has 1 heterocycles. The number of rotatable bonds is 7. The Morgan fingerprint density at radius 3 is 2.60 bits per heavy atom. The first-order valence-corrected chi connectivity index (χ1v) is 11.3. The van der Waals surface area contributed by atoms with Gasteiger partial charge in [0.1, 0.15) is 12.4 Å². The molecule has 0 spiro atoms. The predicted molar refractivity (Wildman–Crippen MR) is 129 cm³/mol. The molecule has 0 unspecified atom stereocenters. The minimum atomic E-state index is 0.411. The Labute approximate surface area is 190 Å². The lowest BCUT2D eigenvalue weighted by Crippen LogP contribution is -1.98. The highest BCUT2D eigenvalue weighted by Gasteiger charge is 2.02. The van der Waals surface area contributed by atoms with Gasteiger partial charge in [0, 0.05) is 15.7 Å². The molecule has 0 aliphatic heterocycles. The number of hydrogen-bond donors (Lipinski definition) is 0. The third kappa shape index (κ3) is 5.29. The Kier molecular flexibility index (Phi) is 6.83. The van der Waals surface area contributed by atoms with Gasteiger partial charge < -0.3 is 4.74 Å². The van der Waals surface area contributed by atoms with Gasteiger partial charge in [-0.1, -0.05) is 88.2 Å². The van der Waals surface area contributed by atoms with Crippen LogP contribution in [0.3, 0.4) is 0 Å². The predicted octanol–water partition coefficient (Wildman–Crippen LogP) is 7.62. The molecule has 4 aromatic rings. The van der Waals surface area contributed by atoms with Gasteiger partial charge in [-0.05, 0) is 53.4 Å². The monoisotopic (exact) mass is 477 g/mol. The highest BCUT2D eigenvalue weighted by molar-refractivity contribution is 9.08. The lowest BCUT2D eigenvalue weighted by molar-refractivity contribution is 0.302. The fraction of sp³-hybridized carbons (Fsp3) is 0.115. The number of benzene rings is 3. The number of fused-ring (bicyclic) bond motifs is 1. The molecule has 0 atom stereocenters. The molecule has 0 amide bonds. The Hall–Kier alpha value is -2.62. The van der Waals surface area contributed by atoms with Crippen molar-refractivity contribution < 1.29 is 4.74 Å². The molecule has 0 aliphatic rings. The molecule has 3 aromatic carbocycles. The van der Waals surface area contributed by atoms with Crippen LogP contribution in [-0.2, 0) is 18.4 Å². The number of halogens is 2. The molecule has 2 nitrogen and oxygen atoms in total. The van der Waals surface area contributed by atoms with Crippen LogP contribution < -0.4 is 4.74 Å². The van der Waals surface area contributed by atoms with Crippen molar-refractivity contribution in [3.8, 4) is 5.75 Å². The molecule has 0 saturated heterocycles. The van der Waals surface area contributed by atoms with Crippen molar-refractivity contribution >= 4 is 44.5 Å². The summed E-state index contributed by atoms with van der Waals surface area (Å²) in [5.41, 5.74) is 5.52. The molecule has 0 fully saturated rings. The molecule has 0 saturated carbocycles. The van der Waals surface area contributed by atoms with Gasteiger partial charge in [0.2, 0.25) is 0 Å². The van der Waals surface area contributed by atoms with Gasteiger partial charge in [0.05, 0.1) is 11.2 Å². The van der Waals surface area contributed by atoms with E-state index in [0.717, 1.165) is 39.7 Å². The molecule has 150 valence electrons. The first-order valence-electron chi connectivity index (χ1n) is 9.78. The van der Waals surface area contributed by atoms with E-state index >= 15 is 0 Å². The fourth-order valence-corrected chi connectivity index (χ4v) is 4.00. The second-order valence-corrected chi connectivity index (χ2v) is 8.01. The van der Waals surface area contributed by atoms with Crippen molar-refractivity contribution in [2.24, 2.45) is 0 Å². The maximum Gasteiger partial charge on any atom is 0.130 e. The maximum atomic E-state index is 6.08. The largest absolute Gasteiger partial charge is 0.487 e. The standard InChI is InChI=1S/C26H21BrClNO/c27-17-22-8-2-1-7-20(22)9-3-5-19-6-4-10-25(15-19)30-18-24-14-12-21-11-13-23(28)16-26(21)29-24/h1-8,10-16H,9,17-18H2. The summed E-state index contributed by atoms with van der Waals surface area (Å²) in [4.78, 5) is 4.65. The van der Waals surface area contributed by atoms with Crippen LogP contribution in [-0.4, -0.2) is 4.98 Å². The second-order valence-electron chi connectivity index (χ2n) is 7.01. The van der Waals surface area contributed by atoms with Gasteiger partial charge in [-0.15, -0.1) is 0 Å². The molecule has 0 N–H and O–H groups in total. The number of pyridine rings is 1. The van der Waals surface area contributed by atoms with Gasteiger partial charge in [-0.2, -0.15) is 0 Å². The molecule has 0 radical (unpaired) electrons. The number of hydrogen-bond acceptors (Lipinski definition) is 2. The first kappa shape index (κ1) is 20.6. The Bertz CT molecular complexity index is 1190. The minimum Gasteiger partial charge on any atom is -0.487 e. The number of ether oxygens (including phenoxy) is 1. The van der Waals surface area contributed by atoms with Crippen LogP contribution in [0.15, 0.2) is 84.9 Å². The quantitative estimate of drug-likeness (QED) is 0.255. The number of nitrogens with zero attached hydrogens (tertiary/aromatic N) is 1. The summed E-state index contributed by atoms with van der Waals surface area (Å²) in [5.74, 6) is 0.825. The maximum absolute atomic E-state index is 6.08. The molecule has 4 heteroatoms. The van der Waals surface area contributed by atoms with Crippen molar-refractivity contribution in [2.45, 2.75) is 18.4 Å². The summed E-state index contributed by atoms with van der Waals surface area (Å²) < 4.78 is 5.98. The van der Waals surface area contributed by atoms with Crippen LogP contribution in [0, 0.1) is 0 Å². The van der Waals surface area contributed by atoms with Crippen LogP contribution in [0.5, 0.6) is 5.75 Å². The molecule has 0 aliphatic carbocycles. The van der Waals surface area contributed by atoms with Crippen LogP contribution in [0.2, 0.25) is 5.02 Å². The molecule has 4 rings (SSSR count). The topological polar surface area (TPSA) is 22.1 Å². The Balaban J connectivity index is 1.41. The van der Waals surface area contributed by atoms with Crippen molar-refractivity contribution in [2.75, 3.05) is 0 Å². The van der Waals surface area contributed by atoms with Crippen LogP contribution in [0.4, 0.5) is 0 Å². The van der Waals surface area contributed by atoms with Gasteiger partial charge in [0.25, 0.3) is 0 Å². The van der Waals surface area contributed by atoms with Crippen molar-refractivity contribution in [3.63, 3.8) is 0 Å².